The lowest BCUT2D eigenvalue weighted by Gasteiger charge is -1.99. The monoisotopic (exact) mass is 251 g/mol. The number of para-hydroxylation sites is 2. The molecule has 19 heavy (non-hydrogen) atoms. The number of nitrogens with zero attached hydrogens (tertiary/aromatic N) is 2. The SMILES string of the molecule is Cn1c(-c2ccc(C=O)cc2)[n+](C)c2ccccc21. The number of carbonyl (C=O) groups excluding carboxylic acids is 1. The molecule has 1 heterocycles. The number of carbonyl (C=O) groups is 1. The summed E-state index contributed by atoms with van der Waals surface area (Å²) in [6.07, 6.45) is 0.866. The van der Waals surface area contributed by atoms with Gasteiger partial charge in [-0.3, -0.25) is 4.79 Å². The Morgan fingerprint density at radius 2 is 1.74 bits per heavy atom. The van der Waals surface area contributed by atoms with Crippen LogP contribution in [0.2, 0.25) is 0 Å². The zero-order valence-corrected chi connectivity index (χ0v) is 11.0. The smallest absolute Gasteiger partial charge is 0.289 e. The molecule has 0 radical (unpaired) electrons. The Labute approximate surface area is 111 Å². The number of fused-ring (bicyclic) bond motifs is 1. The van der Waals surface area contributed by atoms with Gasteiger partial charge < -0.3 is 0 Å². The normalized spacial score (nSPS) is 10.8. The first-order valence-electron chi connectivity index (χ1n) is 6.21. The second-order valence-electron chi connectivity index (χ2n) is 4.67. The molecule has 2 aromatic carbocycles. The molecule has 3 rings (SSSR count). The molecule has 0 atom stereocenters. The first-order chi connectivity index (χ1) is 9.22. The predicted octanol–water partition coefficient (Wildman–Crippen LogP) is 2.48. The van der Waals surface area contributed by atoms with Crippen molar-refractivity contribution in [2.45, 2.75) is 0 Å². The molecule has 0 fully saturated rings. The van der Waals surface area contributed by atoms with Crippen molar-refractivity contribution in [1.82, 2.24) is 4.57 Å². The van der Waals surface area contributed by atoms with Gasteiger partial charge in [-0.05, 0) is 24.3 Å². The number of aldehydes is 1. The molecule has 0 unspecified atom stereocenters. The van der Waals surface area contributed by atoms with Crippen LogP contribution in [0.1, 0.15) is 10.4 Å². The molecule has 0 aliphatic carbocycles. The molecule has 0 saturated carbocycles. The van der Waals surface area contributed by atoms with Gasteiger partial charge in [0, 0.05) is 5.56 Å². The lowest BCUT2D eigenvalue weighted by Crippen LogP contribution is -2.29. The van der Waals surface area contributed by atoms with Gasteiger partial charge in [-0.2, -0.15) is 0 Å². The highest BCUT2D eigenvalue weighted by molar-refractivity contribution is 5.78. The number of imidazole rings is 1. The Kier molecular flexibility index (Phi) is 2.67. The predicted molar refractivity (Wildman–Crippen MR) is 74.9 cm³/mol. The quantitative estimate of drug-likeness (QED) is 0.507. The van der Waals surface area contributed by atoms with Gasteiger partial charge in [-0.1, -0.05) is 24.3 Å². The van der Waals surface area contributed by atoms with Gasteiger partial charge in [0.2, 0.25) is 0 Å². The number of hydrogen-bond acceptors (Lipinski definition) is 1. The topological polar surface area (TPSA) is 25.9 Å². The van der Waals surface area contributed by atoms with E-state index in [-0.39, 0.29) is 0 Å². The fourth-order valence-electron chi connectivity index (χ4n) is 2.58. The number of aromatic nitrogens is 2. The zero-order chi connectivity index (χ0) is 13.4. The third-order valence-corrected chi connectivity index (χ3v) is 3.54. The van der Waals surface area contributed by atoms with E-state index in [0.717, 1.165) is 17.7 Å². The van der Waals surface area contributed by atoms with Gasteiger partial charge in [0.05, 0.1) is 19.7 Å². The summed E-state index contributed by atoms with van der Waals surface area (Å²) in [6, 6.07) is 16.0. The minimum atomic E-state index is 0.699. The van der Waals surface area contributed by atoms with Gasteiger partial charge in [0.1, 0.15) is 6.29 Å². The fourth-order valence-corrected chi connectivity index (χ4v) is 2.58. The largest absolute Gasteiger partial charge is 0.298 e. The summed E-state index contributed by atoms with van der Waals surface area (Å²) in [5, 5.41) is 0. The van der Waals surface area contributed by atoms with Crippen LogP contribution in [0.5, 0.6) is 0 Å². The van der Waals surface area contributed by atoms with Gasteiger partial charge in [-0.15, -0.1) is 0 Å². The minimum absolute atomic E-state index is 0.699. The zero-order valence-electron chi connectivity index (χ0n) is 11.0. The Balaban J connectivity index is 2.26. The van der Waals surface area contributed by atoms with Crippen LogP contribution < -0.4 is 4.57 Å². The molecule has 3 nitrogen and oxygen atoms in total. The molecule has 3 aromatic rings. The molecule has 0 aliphatic rings. The molecule has 0 saturated heterocycles. The average Bonchev–Trinajstić information content (AvgIpc) is 2.72. The third-order valence-electron chi connectivity index (χ3n) is 3.54. The Hall–Kier alpha value is -2.42. The van der Waals surface area contributed by atoms with Crippen LogP contribution in [0, 0.1) is 0 Å². The molecule has 0 N–H and O–H groups in total. The van der Waals surface area contributed by atoms with E-state index in [4.69, 9.17) is 0 Å². The number of benzene rings is 2. The summed E-state index contributed by atoms with van der Waals surface area (Å²) < 4.78 is 4.34. The lowest BCUT2D eigenvalue weighted by molar-refractivity contribution is -0.634. The summed E-state index contributed by atoms with van der Waals surface area (Å²) in [5.74, 6) is 1.12. The van der Waals surface area contributed by atoms with E-state index in [9.17, 15) is 4.79 Å². The van der Waals surface area contributed by atoms with Crippen molar-refractivity contribution in [2.75, 3.05) is 0 Å². The second-order valence-corrected chi connectivity index (χ2v) is 4.67. The average molecular weight is 251 g/mol. The van der Waals surface area contributed by atoms with E-state index in [1.807, 2.05) is 36.4 Å². The second kappa shape index (κ2) is 4.35. The highest BCUT2D eigenvalue weighted by Gasteiger charge is 2.20. The van der Waals surface area contributed by atoms with Crippen molar-refractivity contribution in [3.63, 3.8) is 0 Å². The standard InChI is InChI=1S/C16H15N2O/c1-17-14-5-3-4-6-15(14)18(2)16(17)13-9-7-12(11-19)8-10-13/h3-11H,1-2H3/q+1. The van der Waals surface area contributed by atoms with Crippen LogP contribution in [0.4, 0.5) is 0 Å². The Morgan fingerprint density at radius 1 is 1.05 bits per heavy atom. The maximum absolute atomic E-state index is 10.7. The van der Waals surface area contributed by atoms with Gasteiger partial charge in [-0.25, -0.2) is 9.13 Å². The fraction of sp³-hybridized carbons (Fsp3) is 0.125. The van der Waals surface area contributed by atoms with Crippen molar-refractivity contribution in [2.24, 2.45) is 14.1 Å². The van der Waals surface area contributed by atoms with Crippen LogP contribution in [-0.4, -0.2) is 10.9 Å². The molecule has 0 spiro atoms. The van der Waals surface area contributed by atoms with Crippen molar-refractivity contribution in [3.05, 3.63) is 54.1 Å². The summed E-state index contributed by atoms with van der Waals surface area (Å²) in [4.78, 5) is 10.7. The first kappa shape index (κ1) is 11.7. The van der Waals surface area contributed by atoms with Gasteiger partial charge in [0.15, 0.2) is 11.0 Å². The summed E-state index contributed by atoms with van der Waals surface area (Å²) in [6.45, 7) is 0. The van der Waals surface area contributed by atoms with Crippen LogP contribution in [0.25, 0.3) is 22.4 Å². The molecular formula is C16H15N2O+. The van der Waals surface area contributed by atoms with Crippen LogP contribution in [0.15, 0.2) is 48.5 Å². The van der Waals surface area contributed by atoms with E-state index in [1.54, 1.807) is 0 Å². The van der Waals surface area contributed by atoms with Crippen molar-refractivity contribution < 1.29 is 9.36 Å². The van der Waals surface area contributed by atoms with E-state index in [1.165, 1.54) is 11.0 Å². The molecule has 0 amide bonds. The Morgan fingerprint density at radius 3 is 2.37 bits per heavy atom. The van der Waals surface area contributed by atoms with E-state index < -0.39 is 0 Å². The van der Waals surface area contributed by atoms with Crippen LogP contribution >= 0.6 is 0 Å². The summed E-state index contributed by atoms with van der Waals surface area (Å²) >= 11 is 0. The Bertz CT molecular complexity index is 715. The first-order valence-corrected chi connectivity index (χ1v) is 6.21. The minimum Gasteiger partial charge on any atom is -0.298 e. The maximum atomic E-state index is 10.7. The van der Waals surface area contributed by atoms with E-state index >= 15 is 0 Å². The number of rotatable bonds is 2. The van der Waals surface area contributed by atoms with Crippen molar-refractivity contribution >= 4 is 17.3 Å². The van der Waals surface area contributed by atoms with E-state index in [2.05, 4.69) is 35.4 Å². The number of hydrogen-bond donors (Lipinski definition) is 0. The van der Waals surface area contributed by atoms with Crippen LogP contribution in [0.3, 0.4) is 0 Å². The lowest BCUT2D eigenvalue weighted by atomic mass is 10.1. The molecule has 0 aliphatic heterocycles. The molecule has 3 heteroatoms. The van der Waals surface area contributed by atoms with Gasteiger partial charge in [0.25, 0.3) is 5.82 Å². The molecule has 0 bridgehead atoms. The van der Waals surface area contributed by atoms with Crippen LogP contribution in [-0.2, 0) is 14.1 Å². The maximum Gasteiger partial charge on any atom is 0.289 e. The van der Waals surface area contributed by atoms with Gasteiger partial charge >= 0.3 is 0 Å². The van der Waals surface area contributed by atoms with E-state index in [0.29, 0.717) is 5.56 Å². The highest BCUT2D eigenvalue weighted by atomic mass is 16.1. The summed E-state index contributed by atoms with van der Waals surface area (Å²) in [5.41, 5.74) is 4.19. The van der Waals surface area contributed by atoms with Crippen molar-refractivity contribution in [3.8, 4) is 11.4 Å². The molecule has 1 aromatic heterocycles. The highest BCUT2D eigenvalue weighted by Crippen LogP contribution is 2.21. The number of aryl methyl sites for hydroxylation is 2. The van der Waals surface area contributed by atoms with Crippen molar-refractivity contribution in [1.29, 1.82) is 0 Å². The molecular weight excluding hydrogens is 236 g/mol. The third kappa shape index (κ3) is 1.74. The molecule has 94 valence electrons. The summed E-state index contributed by atoms with van der Waals surface area (Å²) in [7, 11) is 4.12.